The zero-order valence-electron chi connectivity index (χ0n) is 17.5. The molecule has 4 aromatic rings. The Morgan fingerprint density at radius 2 is 1.70 bits per heavy atom. The van der Waals surface area contributed by atoms with Crippen LogP contribution in [0.3, 0.4) is 0 Å². The lowest BCUT2D eigenvalue weighted by atomic mass is 10.1. The van der Waals surface area contributed by atoms with E-state index in [4.69, 9.17) is 4.74 Å². The molecule has 0 aliphatic rings. The van der Waals surface area contributed by atoms with Gasteiger partial charge in [-0.1, -0.05) is 0 Å². The minimum Gasteiger partial charge on any atom is -0.491 e. The minimum atomic E-state index is -1.51. The van der Waals surface area contributed by atoms with E-state index in [9.17, 15) is 18.0 Å². The van der Waals surface area contributed by atoms with E-state index in [1.54, 1.807) is 25.1 Å². The number of ether oxygens (including phenoxy) is 2. The Kier molecular flexibility index (Phi) is 5.99. The number of benzene rings is 2. The van der Waals surface area contributed by atoms with Crippen LogP contribution in [0.15, 0.2) is 60.9 Å². The quantitative estimate of drug-likeness (QED) is 0.413. The predicted molar refractivity (Wildman–Crippen MR) is 113 cm³/mol. The van der Waals surface area contributed by atoms with Gasteiger partial charge in [-0.15, -0.1) is 0 Å². The molecule has 0 atom stereocenters. The summed E-state index contributed by atoms with van der Waals surface area (Å²) in [7, 11) is 0.974. The molecule has 0 spiro atoms. The van der Waals surface area contributed by atoms with Crippen molar-refractivity contribution in [3.05, 3.63) is 89.8 Å². The first-order valence-corrected chi connectivity index (χ1v) is 9.65. The largest absolute Gasteiger partial charge is 0.491 e. The first-order valence-electron chi connectivity index (χ1n) is 9.65. The van der Waals surface area contributed by atoms with Crippen LogP contribution < -0.4 is 14.8 Å². The number of carbonyl (C=O) groups is 1. The molecule has 2 aromatic heterocycles. The molecule has 0 saturated heterocycles. The zero-order chi connectivity index (χ0) is 23.5. The molecule has 0 fully saturated rings. The van der Waals surface area contributed by atoms with Crippen molar-refractivity contribution in [1.29, 1.82) is 0 Å². The number of rotatable bonds is 6. The van der Waals surface area contributed by atoms with E-state index in [1.807, 2.05) is 29.1 Å². The highest BCUT2D eigenvalue weighted by atomic mass is 19.2. The number of halogens is 3. The molecule has 0 unspecified atom stereocenters. The number of aryl methyl sites for hydroxylation is 1. The van der Waals surface area contributed by atoms with Gasteiger partial charge in [0.1, 0.15) is 17.4 Å². The molecule has 2 aromatic carbocycles. The predicted octanol–water partition coefficient (Wildman–Crippen LogP) is 5.05. The molecular weight excluding hydrogens is 437 g/mol. The Morgan fingerprint density at radius 1 is 1.00 bits per heavy atom. The lowest BCUT2D eigenvalue weighted by Gasteiger charge is -2.11. The third kappa shape index (κ3) is 4.64. The number of amides is 1. The van der Waals surface area contributed by atoms with E-state index in [2.05, 4.69) is 20.0 Å². The molecule has 0 saturated carbocycles. The molecule has 0 aliphatic heterocycles. The van der Waals surface area contributed by atoms with Gasteiger partial charge >= 0.3 is 0 Å². The van der Waals surface area contributed by atoms with Crippen molar-refractivity contribution in [2.24, 2.45) is 0 Å². The fourth-order valence-electron chi connectivity index (χ4n) is 3.05. The van der Waals surface area contributed by atoms with Crippen LogP contribution >= 0.6 is 0 Å². The van der Waals surface area contributed by atoms with Crippen LogP contribution in [0, 0.1) is 24.4 Å². The van der Waals surface area contributed by atoms with Crippen molar-refractivity contribution in [1.82, 2.24) is 14.5 Å². The summed E-state index contributed by atoms with van der Waals surface area (Å²) >= 11 is 0. The van der Waals surface area contributed by atoms with Gasteiger partial charge in [-0.25, -0.2) is 13.8 Å². The second kappa shape index (κ2) is 9.03. The van der Waals surface area contributed by atoms with Crippen LogP contribution in [0.25, 0.3) is 5.82 Å². The minimum absolute atomic E-state index is 0.280. The molecule has 4 rings (SSSR count). The summed E-state index contributed by atoms with van der Waals surface area (Å²) in [5.74, 6) is -4.26. The second-order valence-corrected chi connectivity index (χ2v) is 6.85. The average Bonchev–Trinajstić information content (AvgIpc) is 3.33. The lowest BCUT2D eigenvalue weighted by molar-refractivity contribution is 0.102. The lowest BCUT2D eigenvalue weighted by Crippen LogP contribution is -2.15. The van der Waals surface area contributed by atoms with Gasteiger partial charge < -0.3 is 19.4 Å². The van der Waals surface area contributed by atoms with Crippen LogP contribution in [0.4, 0.5) is 18.9 Å². The van der Waals surface area contributed by atoms with E-state index in [0.717, 1.165) is 7.11 Å². The number of methoxy groups -OCH3 is 1. The smallest absolute Gasteiger partial charge is 0.258 e. The summed E-state index contributed by atoms with van der Waals surface area (Å²) in [4.78, 5) is 21.0. The SMILES string of the molecule is COc1c(F)c(F)cc(C(=O)Nc2ccc(Oc3cc(-n4cccc4)nc(C)n3)cc2)c1F. The molecule has 2 heterocycles. The molecule has 7 nitrogen and oxygen atoms in total. The van der Waals surface area contributed by atoms with Gasteiger partial charge in [0, 0.05) is 24.1 Å². The van der Waals surface area contributed by atoms with E-state index >= 15 is 0 Å². The fraction of sp³-hybridized carbons (Fsp3) is 0.0870. The Hall–Kier alpha value is -4.34. The van der Waals surface area contributed by atoms with Gasteiger partial charge in [-0.2, -0.15) is 9.37 Å². The molecule has 0 bridgehead atoms. The molecule has 1 amide bonds. The number of nitrogens with one attached hydrogen (secondary N) is 1. The normalized spacial score (nSPS) is 10.7. The van der Waals surface area contributed by atoms with Crippen LogP contribution in [-0.2, 0) is 0 Å². The maximum absolute atomic E-state index is 14.3. The Labute approximate surface area is 186 Å². The van der Waals surface area contributed by atoms with Crippen molar-refractivity contribution in [2.45, 2.75) is 6.92 Å². The number of hydrogen-bond acceptors (Lipinski definition) is 5. The van der Waals surface area contributed by atoms with Crippen LogP contribution in [0.5, 0.6) is 17.4 Å². The van der Waals surface area contributed by atoms with E-state index < -0.39 is 34.7 Å². The molecule has 0 radical (unpaired) electrons. The van der Waals surface area contributed by atoms with Gasteiger partial charge in [0.05, 0.1) is 12.7 Å². The van der Waals surface area contributed by atoms with Crippen molar-refractivity contribution >= 4 is 11.6 Å². The number of aromatic nitrogens is 3. The van der Waals surface area contributed by atoms with Crippen molar-refractivity contribution in [2.75, 3.05) is 12.4 Å². The zero-order valence-corrected chi connectivity index (χ0v) is 17.5. The highest BCUT2D eigenvalue weighted by Crippen LogP contribution is 2.28. The number of nitrogens with zero attached hydrogens (tertiary/aromatic N) is 3. The molecule has 0 aliphatic carbocycles. The monoisotopic (exact) mass is 454 g/mol. The molecule has 10 heteroatoms. The van der Waals surface area contributed by atoms with Crippen LogP contribution in [0.1, 0.15) is 16.2 Å². The Morgan fingerprint density at radius 3 is 2.36 bits per heavy atom. The first kappa shape index (κ1) is 21.9. The summed E-state index contributed by atoms with van der Waals surface area (Å²) in [6.45, 7) is 1.74. The molecular formula is C23H17F3N4O3. The van der Waals surface area contributed by atoms with Crippen molar-refractivity contribution in [3.8, 4) is 23.2 Å². The third-order valence-electron chi connectivity index (χ3n) is 4.57. The van der Waals surface area contributed by atoms with Crippen LogP contribution in [-0.4, -0.2) is 27.6 Å². The maximum atomic E-state index is 14.3. The second-order valence-electron chi connectivity index (χ2n) is 6.85. The number of carbonyl (C=O) groups excluding carboxylic acids is 1. The molecule has 168 valence electrons. The Balaban J connectivity index is 1.50. The average molecular weight is 454 g/mol. The topological polar surface area (TPSA) is 78.3 Å². The van der Waals surface area contributed by atoms with Gasteiger partial charge in [0.2, 0.25) is 11.7 Å². The van der Waals surface area contributed by atoms with E-state index in [1.165, 1.54) is 12.1 Å². The summed E-state index contributed by atoms with van der Waals surface area (Å²) in [6, 6.07) is 12.0. The third-order valence-corrected chi connectivity index (χ3v) is 4.57. The first-order chi connectivity index (χ1) is 15.9. The Bertz CT molecular complexity index is 1310. The number of anilines is 1. The molecule has 1 N–H and O–H groups in total. The summed E-state index contributed by atoms with van der Waals surface area (Å²) in [5.41, 5.74) is -0.414. The molecule has 33 heavy (non-hydrogen) atoms. The van der Waals surface area contributed by atoms with E-state index in [-0.39, 0.29) is 5.69 Å². The van der Waals surface area contributed by atoms with Gasteiger partial charge in [-0.3, -0.25) is 4.79 Å². The summed E-state index contributed by atoms with van der Waals surface area (Å²) < 4.78 is 53.7. The summed E-state index contributed by atoms with van der Waals surface area (Å²) in [5, 5.41) is 2.42. The van der Waals surface area contributed by atoms with Gasteiger partial charge in [-0.05, 0) is 49.4 Å². The van der Waals surface area contributed by atoms with Gasteiger partial charge in [0.25, 0.3) is 5.91 Å². The van der Waals surface area contributed by atoms with E-state index in [0.29, 0.717) is 29.3 Å². The maximum Gasteiger partial charge on any atom is 0.258 e. The van der Waals surface area contributed by atoms with Crippen molar-refractivity contribution in [3.63, 3.8) is 0 Å². The summed E-state index contributed by atoms with van der Waals surface area (Å²) in [6.07, 6.45) is 3.68. The van der Waals surface area contributed by atoms with Crippen molar-refractivity contribution < 1.29 is 27.4 Å². The fourth-order valence-corrected chi connectivity index (χ4v) is 3.05. The standard InChI is InChI=1S/C23H17F3N4O3/c1-13-27-18(30-9-3-4-10-30)12-19(28-13)33-15-7-5-14(6-8-15)29-23(31)16-11-17(24)21(26)22(32-2)20(16)25/h3-12H,1-2H3,(H,29,31). The highest BCUT2D eigenvalue weighted by molar-refractivity contribution is 6.04. The highest BCUT2D eigenvalue weighted by Gasteiger charge is 2.23. The number of hydrogen-bond donors (Lipinski definition) is 1. The van der Waals surface area contributed by atoms with Crippen LogP contribution in [0.2, 0.25) is 0 Å². The van der Waals surface area contributed by atoms with Gasteiger partial charge in [0.15, 0.2) is 17.4 Å².